The summed E-state index contributed by atoms with van der Waals surface area (Å²) in [5.41, 5.74) is 0.883. The van der Waals surface area contributed by atoms with Gasteiger partial charge in [0.1, 0.15) is 5.82 Å². The van der Waals surface area contributed by atoms with E-state index in [1.54, 1.807) is 0 Å². The van der Waals surface area contributed by atoms with Gasteiger partial charge in [0.05, 0.1) is 18.4 Å². The number of ether oxygens (including phenoxy) is 1. The first-order valence-electron chi connectivity index (χ1n) is 6.76. The lowest BCUT2D eigenvalue weighted by Crippen LogP contribution is -2.20. The summed E-state index contributed by atoms with van der Waals surface area (Å²) in [7, 11) is 1.32. The predicted octanol–water partition coefficient (Wildman–Crippen LogP) is 3.99. The van der Waals surface area contributed by atoms with Crippen LogP contribution in [0, 0.1) is 5.82 Å². The van der Waals surface area contributed by atoms with Crippen LogP contribution in [0.5, 0.6) is 0 Å². The molecule has 3 nitrogen and oxygen atoms in total. The Labute approximate surface area is 114 Å². The van der Waals surface area contributed by atoms with Crippen LogP contribution in [-0.4, -0.2) is 19.1 Å². The summed E-state index contributed by atoms with van der Waals surface area (Å²) in [6.07, 6.45) is 4.15. The molecule has 0 saturated carbocycles. The molecule has 0 aliphatic heterocycles. The van der Waals surface area contributed by atoms with Crippen LogP contribution in [0.1, 0.15) is 49.9 Å². The first-order valence-corrected chi connectivity index (χ1v) is 6.76. The minimum Gasteiger partial charge on any atom is -0.465 e. The van der Waals surface area contributed by atoms with E-state index in [1.807, 2.05) is 0 Å². The molecule has 1 rings (SSSR count). The molecule has 0 aliphatic rings. The van der Waals surface area contributed by atoms with E-state index in [9.17, 15) is 9.18 Å². The lowest BCUT2D eigenvalue weighted by atomic mass is 10.1. The number of hydrogen-bond donors (Lipinski definition) is 1. The molecule has 0 bridgehead atoms. The van der Waals surface area contributed by atoms with Crippen LogP contribution >= 0.6 is 0 Å². The van der Waals surface area contributed by atoms with Gasteiger partial charge in [-0.15, -0.1) is 0 Å². The first kappa shape index (κ1) is 15.5. The number of unbranched alkanes of at least 4 members (excludes halogenated alkanes) is 1. The fourth-order valence-corrected chi connectivity index (χ4v) is 1.97. The summed E-state index contributed by atoms with van der Waals surface area (Å²) in [6.45, 7) is 4.21. The second kappa shape index (κ2) is 7.77. The highest BCUT2D eigenvalue weighted by Gasteiger charge is 2.15. The Kier molecular flexibility index (Phi) is 6.33. The summed E-state index contributed by atoms with van der Waals surface area (Å²) in [4.78, 5) is 11.6. The van der Waals surface area contributed by atoms with E-state index in [2.05, 4.69) is 19.2 Å². The molecular formula is C15H22FNO2. The van der Waals surface area contributed by atoms with Gasteiger partial charge in [-0.25, -0.2) is 9.18 Å². The molecule has 4 heteroatoms. The molecule has 0 aromatic heterocycles. The zero-order chi connectivity index (χ0) is 14.3. The second-order valence-electron chi connectivity index (χ2n) is 4.57. The monoisotopic (exact) mass is 267 g/mol. The van der Waals surface area contributed by atoms with Gasteiger partial charge >= 0.3 is 5.97 Å². The number of nitrogens with one attached hydrogen (secondary N) is 1. The zero-order valence-corrected chi connectivity index (χ0v) is 11.8. The van der Waals surface area contributed by atoms with Crippen molar-refractivity contribution in [3.63, 3.8) is 0 Å². The summed E-state index contributed by atoms with van der Waals surface area (Å²) in [6, 6.07) is 4.31. The van der Waals surface area contributed by atoms with Crippen LogP contribution in [0.3, 0.4) is 0 Å². The summed E-state index contributed by atoms with van der Waals surface area (Å²) >= 11 is 0. The van der Waals surface area contributed by atoms with E-state index in [0.29, 0.717) is 11.3 Å². The van der Waals surface area contributed by atoms with Crippen molar-refractivity contribution in [3.05, 3.63) is 29.6 Å². The number of hydrogen-bond acceptors (Lipinski definition) is 3. The highest BCUT2D eigenvalue weighted by atomic mass is 19.1. The number of rotatable bonds is 7. The maximum absolute atomic E-state index is 13.3. The number of methoxy groups -OCH3 is 1. The molecule has 106 valence electrons. The van der Waals surface area contributed by atoms with E-state index in [4.69, 9.17) is 4.74 Å². The molecule has 19 heavy (non-hydrogen) atoms. The molecular weight excluding hydrogens is 245 g/mol. The van der Waals surface area contributed by atoms with E-state index in [1.165, 1.54) is 25.3 Å². The Morgan fingerprint density at radius 3 is 2.74 bits per heavy atom. The Balaban J connectivity index is 2.90. The topological polar surface area (TPSA) is 38.3 Å². The van der Waals surface area contributed by atoms with Crippen molar-refractivity contribution in [1.82, 2.24) is 0 Å². The normalized spacial score (nSPS) is 12.0. The summed E-state index contributed by atoms with van der Waals surface area (Å²) in [5, 5.41) is 3.25. The summed E-state index contributed by atoms with van der Waals surface area (Å²) in [5.74, 6) is -0.812. The van der Waals surface area contributed by atoms with Crippen molar-refractivity contribution < 1.29 is 13.9 Å². The lowest BCUT2D eigenvalue weighted by Gasteiger charge is -2.19. The molecule has 1 unspecified atom stereocenters. The SMILES string of the molecule is CCCCC(CC)Nc1cc(F)ccc1C(=O)OC. The quantitative estimate of drug-likeness (QED) is 0.759. The molecule has 0 fully saturated rings. The zero-order valence-electron chi connectivity index (χ0n) is 11.8. The molecule has 0 spiro atoms. The van der Waals surface area contributed by atoms with Crippen LogP contribution in [0.4, 0.5) is 10.1 Å². The standard InChI is InChI=1S/C15H22FNO2/c1-4-6-7-12(5-2)17-14-10-11(16)8-9-13(14)15(18)19-3/h8-10,12,17H,4-7H2,1-3H3. The Morgan fingerprint density at radius 2 is 2.16 bits per heavy atom. The van der Waals surface area contributed by atoms with Crippen molar-refractivity contribution >= 4 is 11.7 Å². The molecule has 1 atom stereocenters. The largest absolute Gasteiger partial charge is 0.465 e. The van der Waals surface area contributed by atoms with Crippen molar-refractivity contribution in [2.75, 3.05) is 12.4 Å². The smallest absolute Gasteiger partial charge is 0.339 e. The number of benzene rings is 1. The van der Waals surface area contributed by atoms with Gasteiger partial charge in [-0.05, 0) is 31.0 Å². The van der Waals surface area contributed by atoms with Crippen molar-refractivity contribution in [1.29, 1.82) is 0 Å². The van der Waals surface area contributed by atoms with Crippen LogP contribution in [0.15, 0.2) is 18.2 Å². The highest BCUT2D eigenvalue weighted by molar-refractivity contribution is 5.95. The predicted molar refractivity (Wildman–Crippen MR) is 75.0 cm³/mol. The van der Waals surface area contributed by atoms with Gasteiger partial charge in [0.25, 0.3) is 0 Å². The van der Waals surface area contributed by atoms with E-state index < -0.39 is 5.97 Å². The maximum Gasteiger partial charge on any atom is 0.339 e. The number of halogens is 1. The van der Waals surface area contributed by atoms with Gasteiger partial charge in [-0.2, -0.15) is 0 Å². The van der Waals surface area contributed by atoms with Crippen LogP contribution in [0.2, 0.25) is 0 Å². The second-order valence-corrected chi connectivity index (χ2v) is 4.57. The van der Waals surface area contributed by atoms with Gasteiger partial charge in [-0.1, -0.05) is 26.7 Å². The minimum absolute atomic E-state index is 0.241. The Bertz CT molecular complexity index is 421. The van der Waals surface area contributed by atoms with E-state index in [-0.39, 0.29) is 11.9 Å². The number of carbonyl (C=O) groups is 1. The molecule has 0 saturated heterocycles. The number of anilines is 1. The molecule has 1 aromatic rings. The maximum atomic E-state index is 13.3. The molecule has 1 N–H and O–H groups in total. The van der Waals surface area contributed by atoms with Crippen molar-refractivity contribution in [2.45, 2.75) is 45.6 Å². The van der Waals surface area contributed by atoms with Crippen molar-refractivity contribution in [2.24, 2.45) is 0 Å². The first-order chi connectivity index (χ1) is 9.12. The van der Waals surface area contributed by atoms with E-state index in [0.717, 1.165) is 25.7 Å². The number of carbonyl (C=O) groups excluding carboxylic acids is 1. The average Bonchev–Trinajstić information content (AvgIpc) is 2.42. The van der Waals surface area contributed by atoms with Gasteiger partial charge in [0.2, 0.25) is 0 Å². The molecule has 0 heterocycles. The van der Waals surface area contributed by atoms with Gasteiger partial charge < -0.3 is 10.1 Å². The van der Waals surface area contributed by atoms with Gasteiger partial charge in [0, 0.05) is 6.04 Å². The van der Waals surface area contributed by atoms with Gasteiger partial charge in [0.15, 0.2) is 0 Å². The summed E-state index contributed by atoms with van der Waals surface area (Å²) < 4.78 is 18.0. The fraction of sp³-hybridized carbons (Fsp3) is 0.533. The molecule has 0 radical (unpaired) electrons. The molecule has 0 amide bonds. The van der Waals surface area contributed by atoms with Crippen LogP contribution in [0.25, 0.3) is 0 Å². The van der Waals surface area contributed by atoms with Crippen LogP contribution in [-0.2, 0) is 4.74 Å². The third kappa shape index (κ3) is 4.54. The van der Waals surface area contributed by atoms with E-state index >= 15 is 0 Å². The third-order valence-electron chi connectivity index (χ3n) is 3.15. The fourth-order valence-electron chi connectivity index (χ4n) is 1.97. The lowest BCUT2D eigenvalue weighted by molar-refractivity contribution is 0.0601. The Hall–Kier alpha value is -1.58. The van der Waals surface area contributed by atoms with Gasteiger partial charge in [-0.3, -0.25) is 0 Å². The highest BCUT2D eigenvalue weighted by Crippen LogP contribution is 2.21. The molecule has 1 aromatic carbocycles. The van der Waals surface area contributed by atoms with Crippen LogP contribution < -0.4 is 5.32 Å². The Morgan fingerprint density at radius 1 is 1.42 bits per heavy atom. The van der Waals surface area contributed by atoms with Crippen molar-refractivity contribution in [3.8, 4) is 0 Å². The number of esters is 1. The average molecular weight is 267 g/mol. The third-order valence-corrected chi connectivity index (χ3v) is 3.15. The molecule has 0 aliphatic carbocycles. The minimum atomic E-state index is -0.451.